The van der Waals surface area contributed by atoms with E-state index in [9.17, 15) is 4.39 Å². The van der Waals surface area contributed by atoms with Gasteiger partial charge in [-0.25, -0.2) is 9.37 Å². The number of rotatable bonds is 1. The topological polar surface area (TPSA) is 28.7 Å². The number of nitrogens with zero attached hydrogens (tertiary/aromatic N) is 1. The highest BCUT2D eigenvalue weighted by atomic mass is 79.9. The summed E-state index contributed by atoms with van der Waals surface area (Å²) in [6.45, 7) is 2.00. The van der Waals surface area contributed by atoms with E-state index < -0.39 is 0 Å². The van der Waals surface area contributed by atoms with Crippen LogP contribution in [0, 0.1) is 5.82 Å². The van der Waals surface area contributed by atoms with Crippen molar-refractivity contribution in [2.75, 3.05) is 0 Å². The number of hydrogen-bond donors (Lipinski definition) is 1. The minimum absolute atomic E-state index is 0.259. The van der Waals surface area contributed by atoms with Crippen LogP contribution in [0.5, 0.6) is 0 Å². The molecule has 2 aromatic rings. The lowest BCUT2D eigenvalue weighted by Gasteiger charge is -1.91. The van der Waals surface area contributed by atoms with E-state index in [2.05, 4.69) is 25.9 Å². The summed E-state index contributed by atoms with van der Waals surface area (Å²) in [5, 5.41) is 0. The summed E-state index contributed by atoms with van der Waals surface area (Å²) in [5.74, 6) is 0.618. The van der Waals surface area contributed by atoms with Gasteiger partial charge in [-0.3, -0.25) is 0 Å². The van der Waals surface area contributed by atoms with Crippen molar-refractivity contribution in [1.29, 1.82) is 0 Å². The van der Waals surface area contributed by atoms with Gasteiger partial charge in [-0.1, -0.05) is 6.92 Å². The maximum atomic E-state index is 12.9. The molecule has 4 heteroatoms. The molecule has 0 aliphatic carbocycles. The Bertz CT molecular complexity index is 450. The Kier molecular flexibility index (Phi) is 2.07. The molecule has 68 valence electrons. The predicted octanol–water partition coefficient (Wildman–Crippen LogP) is 3.03. The number of halogens is 2. The molecule has 13 heavy (non-hydrogen) atoms. The third-order valence-electron chi connectivity index (χ3n) is 1.89. The SMILES string of the molecule is CCc1nc2c(Br)cc(F)cc2[nH]1. The van der Waals surface area contributed by atoms with Crippen LogP contribution in [-0.2, 0) is 6.42 Å². The Morgan fingerprint density at radius 2 is 2.31 bits per heavy atom. The smallest absolute Gasteiger partial charge is 0.126 e. The number of H-pyrrole nitrogens is 1. The second kappa shape index (κ2) is 3.10. The number of hydrogen-bond acceptors (Lipinski definition) is 1. The second-order valence-electron chi connectivity index (χ2n) is 2.82. The molecule has 0 radical (unpaired) electrons. The number of benzene rings is 1. The molecule has 0 unspecified atom stereocenters. The van der Waals surface area contributed by atoms with Crippen molar-refractivity contribution in [2.24, 2.45) is 0 Å². The van der Waals surface area contributed by atoms with Gasteiger partial charge in [-0.15, -0.1) is 0 Å². The number of aromatic amines is 1. The molecule has 0 amide bonds. The first-order valence-electron chi connectivity index (χ1n) is 4.04. The van der Waals surface area contributed by atoms with E-state index in [-0.39, 0.29) is 5.82 Å². The van der Waals surface area contributed by atoms with Crippen molar-refractivity contribution in [3.8, 4) is 0 Å². The molecule has 1 aromatic carbocycles. The predicted molar refractivity (Wildman–Crippen MR) is 53.1 cm³/mol. The van der Waals surface area contributed by atoms with Crippen LogP contribution >= 0.6 is 15.9 Å². The van der Waals surface area contributed by atoms with Crippen LogP contribution in [0.4, 0.5) is 4.39 Å². The highest BCUT2D eigenvalue weighted by molar-refractivity contribution is 9.10. The molecule has 2 rings (SSSR count). The Labute approximate surface area is 83.3 Å². The highest BCUT2D eigenvalue weighted by Crippen LogP contribution is 2.23. The van der Waals surface area contributed by atoms with Gasteiger partial charge in [-0.2, -0.15) is 0 Å². The molecule has 1 aromatic heterocycles. The quantitative estimate of drug-likeness (QED) is 0.819. The average Bonchev–Trinajstić information content (AvgIpc) is 2.47. The fraction of sp³-hybridized carbons (Fsp3) is 0.222. The van der Waals surface area contributed by atoms with Crippen LogP contribution in [-0.4, -0.2) is 9.97 Å². The summed E-state index contributed by atoms with van der Waals surface area (Å²) in [5.41, 5.74) is 1.53. The van der Waals surface area contributed by atoms with Crippen LogP contribution in [0.25, 0.3) is 11.0 Å². The molecule has 0 spiro atoms. The molecule has 0 aliphatic heterocycles. The van der Waals surface area contributed by atoms with E-state index >= 15 is 0 Å². The maximum absolute atomic E-state index is 12.9. The van der Waals surface area contributed by atoms with E-state index in [1.165, 1.54) is 12.1 Å². The number of fused-ring (bicyclic) bond motifs is 1. The number of nitrogens with one attached hydrogen (secondary N) is 1. The summed E-state index contributed by atoms with van der Waals surface area (Å²) in [4.78, 5) is 7.35. The van der Waals surface area contributed by atoms with Crippen LogP contribution < -0.4 is 0 Å². The zero-order valence-electron chi connectivity index (χ0n) is 7.06. The molecule has 0 atom stereocenters. The summed E-state index contributed by atoms with van der Waals surface area (Å²) >= 11 is 3.27. The fourth-order valence-electron chi connectivity index (χ4n) is 1.26. The van der Waals surface area contributed by atoms with E-state index in [1.54, 1.807) is 0 Å². The van der Waals surface area contributed by atoms with Gasteiger partial charge in [0.15, 0.2) is 0 Å². The van der Waals surface area contributed by atoms with Gasteiger partial charge in [0.1, 0.15) is 17.2 Å². The first kappa shape index (κ1) is 8.69. The van der Waals surface area contributed by atoms with Crippen LogP contribution in [0.3, 0.4) is 0 Å². The Hall–Kier alpha value is -0.900. The zero-order valence-corrected chi connectivity index (χ0v) is 8.65. The normalized spacial score (nSPS) is 11.0. The lowest BCUT2D eigenvalue weighted by atomic mass is 10.3. The van der Waals surface area contributed by atoms with E-state index in [4.69, 9.17) is 0 Å². The first-order valence-corrected chi connectivity index (χ1v) is 4.83. The van der Waals surface area contributed by atoms with Gasteiger partial charge >= 0.3 is 0 Å². The summed E-state index contributed by atoms with van der Waals surface area (Å²) in [6, 6.07) is 2.87. The van der Waals surface area contributed by atoms with Crippen LogP contribution in [0.1, 0.15) is 12.7 Å². The zero-order chi connectivity index (χ0) is 9.42. The largest absolute Gasteiger partial charge is 0.342 e. The van der Waals surface area contributed by atoms with Crippen LogP contribution in [0.2, 0.25) is 0 Å². The van der Waals surface area contributed by atoms with Crippen molar-refractivity contribution in [1.82, 2.24) is 9.97 Å². The Morgan fingerprint density at radius 1 is 1.54 bits per heavy atom. The third-order valence-corrected chi connectivity index (χ3v) is 2.49. The molecule has 0 bridgehead atoms. The molecule has 0 aliphatic rings. The lowest BCUT2D eigenvalue weighted by Crippen LogP contribution is -1.79. The fourth-order valence-corrected chi connectivity index (χ4v) is 1.78. The van der Waals surface area contributed by atoms with Crippen LogP contribution in [0.15, 0.2) is 16.6 Å². The maximum Gasteiger partial charge on any atom is 0.126 e. The van der Waals surface area contributed by atoms with E-state index in [1.807, 2.05) is 6.92 Å². The molecule has 1 heterocycles. The number of aromatic nitrogens is 2. The standard InChI is InChI=1S/C9H8BrFN2/c1-2-8-12-7-4-5(11)3-6(10)9(7)13-8/h3-4H,2H2,1H3,(H,12,13). The highest BCUT2D eigenvalue weighted by Gasteiger charge is 2.06. The van der Waals surface area contributed by atoms with Gasteiger partial charge in [0, 0.05) is 10.9 Å². The molecular formula is C9H8BrFN2. The van der Waals surface area contributed by atoms with Gasteiger partial charge < -0.3 is 4.98 Å². The van der Waals surface area contributed by atoms with E-state index in [0.29, 0.717) is 4.47 Å². The Morgan fingerprint density at radius 3 is 3.00 bits per heavy atom. The summed E-state index contributed by atoms with van der Waals surface area (Å²) in [7, 11) is 0. The van der Waals surface area contributed by atoms with Gasteiger partial charge in [-0.05, 0) is 28.1 Å². The van der Waals surface area contributed by atoms with Gasteiger partial charge in [0.05, 0.1) is 5.52 Å². The van der Waals surface area contributed by atoms with Crippen molar-refractivity contribution >= 4 is 27.0 Å². The van der Waals surface area contributed by atoms with Gasteiger partial charge in [0.25, 0.3) is 0 Å². The van der Waals surface area contributed by atoms with E-state index in [0.717, 1.165) is 23.3 Å². The second-order valence-corrected chi connectivity index (χ2v) is 3.68. The minimum Gasteiger partial charge on any atom is -0.342 e. The molecular weight excluding hydrogens is 235 g/mol. The van der Waals surface area contributed by atoms with Crippen molar-refractivity contribution in [3.05, 3.63) is 28.2 Å². The molecule has 0 saturated heterocycles. The molecule has 0 fully saturated rings. The van der Waals surface area contributed by atoms with Crippen molar-refractivity contribution in [2.45, 2.75) is 13.3 Å². The molecule has 1 N–H and O–H groups in total. The number of aryl methyl sites for hydroxylation is 1. The monoisotopic (exact) mass is 242 g/mol. The van der Waals surface area contributed by atoms with Gasteiger partial charge in [0.2, 0.25) is 0 Å². The molecule has 2 nitrogen and oxygen atoms in total. The minimum atomic E-state index is -0.259. The van der Waals surface area contributed by atoms with Crippen molar-refractivity contribution < 1.29 is 4.39 Å². The third kappa shape index (κ3) is 1.46. The van der Waals surface area contributed by atoms with Crippen molar-refractivity contribution in [3.63, 3.8) is 0 Å². The average molecular weight is 243 g/mol. The summed E-state index contributed by atoms with van der Waals surface area (Å²) < 4.78 is 13.6. The number of imidazole rings is 1. The lowest BCUT2D eigenvalue weighted by molar-refractivity contribution is 0.628. The first-order chi connectivity index (χ1) is 6.20. The summed E-state index contributed by atoms with van der Waals surface area (Å²) in [6.07, 6.45) is 0.822. The molecule has 0 saturated carbocycles. The Balaban J connectivity index is 2.75.